The maximum Gasteiger partial charge on any atom is 0.419 e. The van der Waals surface area contributed by atoms with Gasteiger partial charge in [-0.2, -0.15) is 0 Å². The molecule has 1 aromatic carbocycles. The van der Waals surface area contributed by atoms with Crippen molar-refractivity contribution in [1.82, 2.24) is 4.57 Å². The fourth-order valence-corrected chi connectivity index (χ4v) is 3.30. The molecule has 108 valence electrons. The second kappa shape index (κ2) is 5.44. The standard InChI is InChI=1S/C16H22N2O2/c1-18-13-9-8-12(10-14(13)20-16(18)19)15(17)11-6-4-2-3-5-7-11/h8-11,15H,2-7,17H2,1H3. The highest BCUT2D eigenvalue weighted by atomic mass is 16.4. The van der Waals surface area contributed by atoms with Crippen molar-refractivity contribution in [2.24, 2.45) is 18.7 Å². The first kappa shape index (κ1) is 13.4. The highest BCUT2D eigenvalue weighted by Crippen LogP contribution is 2.32. The van der Waals surface area contributed by atoms with E-state index in [2.05, 4.69) is 0 Å². The number of rotatable bonds is 2. The number of hydrogen-bond acceptors (Lipinski definition) is 3. The van der Waals surface area contributed by atoms with Crippen molar-refractivity contribution in [2.75, 3.05) is 0 Å². The Morgan fingerprint density at radius 3 is 2.65 bits per heavy atom. The van der Waals surface area contributed by atoms with E-state index in [4.69, 9.17) is 10.2 Å². The van der Waals surface area contributed by atoms with Crippen molar-refractivity contribution in [1.29, 1.82) is 0 Å². The molecule has 2 N–H and O–H groups in total. The van der Waals surface area contributed by atoms with Crippen molar-refractivity contribution in [3.8, 4) is 0 Å². The molecule has 1 heterocycles. The van der Waals surface area contributed by atoms with Crippen LogP contribution in [0.2, 0.25) is 0 Å². The van der Waals surface area contributed by atoms with Crippen molar-refractivity contribution >= 4 is 11.1 Å². The van der Waals surface area contributed by atoms with Gasteiger partial charge in [0, 0.05) is 13.1 Å². The third kappa shape index (κ3) is 2.40. The number of aryl methyl sites for hydroxylation is 1. The summed E-state index contributed by atoms with van der Waals surface area (Å²) in [5.74, 6) is 0.227. The number of benzene rings is 1. The lowest BCUT2D eigenvalue weighted by molar-refractivity contribution is 0.382. The van der Waals surface area contributed by atoms with Crippen LogP contribution in [0.5, 0.6) is 0 Å². The molecule has 20 heavy (non-hydrogen) atoms. The van der Waals surface area contributed by atoms with Gasteiger partial charge < -0.3 is 10.2 Å². The van der Waals surface area contributed by atoms with Crippen LogP contribution in [0, 0.1) is 5.92 Å². The molecule has 1 fully saturated rings. The molecule has 1 aliphatic rings. The summed E-state index contributed by atoms with van der Waals surface area (Å²) < 4.78 is 6.78. The van der Waals surface area contributed by atoms with Gasteiger partial charge in [0.1, 0.15) is 0 Å². The molecule has 2 aromatic rings. The quantitative estimate of drug-likeness (QED) is 0.856. The van der Waals surface area contributed by atoms with Gasteiger partial charge in [0.15, 0.2) is 5.58 Å². The first-order valence-corrected chi connectivity index (χ1v) is 7.52. The Bertz CT molecular complexity index is 648. The fraction of sp³-hybridized carbons (Fsp3) is 0.562. The minimum atomic E-state index is -0.319. The number of aromatic nitrogens is 1. The Kier molecular flexibility index (Phi) is 3.66. The van der Waals surface area contributed by atoms with Crippen molar-refractivity contribution in [3.63, 3.8) is 0 Å². The maximum absolute atomic E-state index is 11.5. The van der Waals surface area contributed by atoms with Gasteiger partial charge in [-0.3, -0.25) is 4.57 Å². The minimum absolute atomic E-state index is 0.0445. The number of fused-ring (bicyclic) bond motifs is 1. The third-order valence-corrected chi connectivity index (χ3v) is 4.61. The lowest BCUT2D eigenvalue weighted by Crippen LogP contribution is -2.21. The summed E-state index contributed by atoms with van der Waals surface area (Å²) in [7, 11) is 1.72. The molecule has 0 amide bonds. The molecule has 0 aliphatic heterocycles. The van der Waals surface area contributed by atoms with E-state index in [1.54, 1.807) is 7.05 Å². The molecule has 1 aromatic heterocycles. The first-order chi connectivity index (χ1) is 9.66. The van der Waals surface area contributed by atoms with Gasteiger partial charge >= 0.3 is 5.76 Å². The van der Waals surface area contributed by atoms with Crippen LogP contribution in [0.25, 0.3) is 11.1 Å². The molecule has 4 nitrogen and oxygen atoms in total. The van der Waals surface area contributed by atoms with Crippen LogP contribution in [0.15, 0.2) is 27.4 Å². The number of hydrogen-bond donors (Lipinski definition) is 1. The van der Waals surface area contributed by atoms with Crippen LogP contribution in [-0.2, 0) is 7.05 Å². The largest absolute Gasteiger partial charge is 0.419 e. The van der Waals surface area contributed by atoms with Gasteiger partial charge in [-0.15, -0.1) is 0 Å². The van der Waals surface area contributed by atoms with Crippen molar-refractivity contribution in [3.05, 3.63) is 34.3 Å². The molecule has 3 rings (SSSR count). The lowest BCUT2D eigenvalue weighted by Gasteiger charge is -2.22. The van der Waals surface area contributed by atoms with Crippen LogP contribution < -0.4 is 11.5 Å². The molecule has 0 bridgehead atoms. The molecular formula is C16H22N2O2. The van der Waals surface area contributed by atoms with E-state index in [0.29, 0.717) is 11.5 Å². The topological polar surface area (TPSA) is 61.2 Å². The predicted molar refractivity (Wildman–Crippen MR) is 79.6 cm³/mol. The van der Waals surface area contributed by atoms with Crippen molar-refractivity contribution < 1.29 is 4.42 Å². The summed E-state index contributed by atoms with van der Waals surface area (Å²) >= 11 is 0. The summed E-state index contributed by atoms with van der Waals surface area (Å²) in [6.07, 6.45) is 7.63. The second-order valence-corrected chi connectivity index (χ2v) is 5.93. The molecule has 1 saturated carbocycles. The Labute approximate surface area is 118 Å². The molecule has 4 heteroatoms. The van der Waals surface area contributed by atoms with Gasteiger partial charge in [0.25, 0.3) is 0 Å². The summed E-state index contributed by atoms with van der Waals surface area (Å²) in [5, 5.41) is 0. The predicted octanol–water partition coefficient (Wildman–Crippen LogP) is 3.10. The molecule has 1 aliphatic carbocycles. The van der Waals surface area contributed by atoms with Gasteiger partial charge in [0.05, 0.1) is 5.52 Å². The van der Waals surface area contributed by atoms with E-state index < -0.39 is 0 Å². The van der Waals surface area contributed by atoms with Crippen LogP contribution in [0.4, 0.5) is 0 Å². The number of nitrogens with zero attached hydrogens (tertiary/aromatic N) is 1. The van der Waals surface area contributed by atoms with Gasteiger partial charge in [-0.05, 0) is 36.5 Å². The maximum atomic E-state index is 11.5. The Morgan fingerprint density at radius 2 is 1.95 bits per heavy atom. The van der Waals surface area contributed by atoms with Gasteiger partial charge in [0.2, 0.25) is 0 Å². The normalized spacial score (nSPS) is 19.1. The molecule has 0 spiro atoms. The third-order valence-electron chi connectivity index (χ3n) is 4.61. The number of oxazole rings is 1. The lowest BCUT2D eigenvalue weighted by atomic mass is 9.88. The summed E-state index contributed by atoms with van der Waals surface area (Å²) in [4.78, 5) is 11.5. The highest BCUT2D eigenvalue weighted by Gasteiger charge is 2.21. The summed E-state index contributed by atoms with van der Waals surface area (Å²) in [6.45, 7) is 0. The van der Waals surface area contributed by atoms with Crippen LogP contribution in [0.3, 0.4) is 0 Å². The van der Waals surface area contributed by atoms with E-state index in [0.717, 1.165) is 11.1 Å². The zero-order valence-corrected chi connectivity index (χ0v) is 12.0. The van der Waals surface area contributed by atoms with Crippen LogP contribution in [-0.4, -0.2) is 4.57 Å². The molecular weight excluding hydrogens is 252 g/mol. The zero-order chi connectivity index (χ0) is 14.1. The van der Waals surface area contributed by atoms with E-state index in [-0.39, 0.29) is 11.8 Å². The Morgan fingerprint density at radius 1 is 1.25 bits per heavy atom. The van der Waals surface area contributed by atoms with Crippen LogP contribution in [0.1, 0.15) is 50.1 Å². The fourth-order valence-electron chi connectivity index (χ4n) is 3.30. The highest BCUT2D eigenvalue weighted by molar-refractivity contribution is 5.73. The summed E-state index contributed by atoms with van der Waals surface area (Å²) in [6, 6.07) is 5.95. The molecule has 0 saturated heterocycles. The molecule has 1 unspecified atom stereocenters. The van der Waals surface area contributed by atoms with E-state index in [1.807, 2.05) is 18.2 Å². The Hall–Kier alpha value is -1.55. The number of nitrogens with two attached hydrogens (primary N) is 1. The van der Waals surface area contributed by atoms with Crippen molar-refractivity contribution in [2.45, 2.75) is 44.6 Å². The van der Waals surface area contributed by atoms with Gasteiger partial charge in [-0.1, -0.05) is 31.7 Å². The van der Waals surface area contributed by atoms with E-state index in [9.17, 15) is 4.79 Å². The van der Waals surface area contributed by atoms with E-state index in [1.165, 1.54) is 43.1 Å². The van der Waals surface area contributed by atoms with Crippen LogP contribution >= 0.6 is 0 Å². The Balaban J connectivity index is 1.90. The zero-order valence-electron chi connectivity index (χ0n) is 12.0. The molecule has 0 radical (unpaired) electrons. The SMILES string of the molecule is Cn1c(=O)oc2cc(C(N)C3CCCCCC3)ccc21. The first-order valence-electron chi connectivity index (χ1n) is 7.52. The smallest absolute Gasteiger partial charge is 0.408 e. The van der Waals surface area contributed by atoms with E-state index >= 15 is 0 Å². The monoisotopic (exact) mass is 274 g/mol. The molecule has 1 atom stereocenters. The summed E-state index contributed by atoms with van der Waals surface area (Å²) in [5.41, 5.74) is 8.99. The average Bonchev–Trinajstić information content (AvgIpc) is 2.65. The average molecular weight is 274 g/mol. The minimum Gasteiger partial charge on any atom is -0.408 e. The van der Waals surface area contributed by atoms with Gasteiger partial charge in [-0.25, -0.2) is 4.79 Å². The second-order valence-electron chi connectivity index (χ2n) is 5.93.